The standard InChI is InChI=1S/C12H23N3O4/c1-14(2)9-4-3-6-15(8-9)12(19)13-10(5-7-16)11(17)18/h9-10,16H,3-8H2,1-2H3,(H,13,19)(H,17,18). The minimum atomic E-state index is -1.12. The molecule has 1 aliphatic rings. The van der Waals surface area contributed by atoms with E-state index >= 15 is 0 Å². The van der Waals surface area contributed by atoms with Gasteiger partial charge < -0.3 is 25.3 Å². The minimum absolute atomic E-state index is 0.0199. The zero-order valence-electron chi connectivity index (χ0n) is 11.5. The van der Waals surface area contributed by atoms with Gasteiger partial charge in [0, 0.05) is 32.2 Å². The number of nitrogens with one attached hydrogen (secondary N) is 1. The Morgan fingerprint density at radius 1 is 1.47 bits per heavy atom. The van der Waals surface area contributed by atoms with Crippen LogP contribution in [0, 0.1) is 0 Å². The van der Waals surface area contributed by atoms with Gasteiger partial charge in [-0.2, -0.15) is 0 Å². The van der Waals surface area contributed by atoms with E-state index in [0.717, 1.165) is 12.8 Å². The molecule has 1 saturated heterocycles. The smallest absolute Gasteiger partial charge is 0.326 e. The molecule has 0 aromatic rings. The van der Waals surface area contributed by atoms with Gasteiger partial charge >= 0.3 is 12.0 Å². The van der Waals surface area contributed by atoms with Crippen molar-refractivity contribution in [2.45, 2.75) is 31.3 Å². The lowest BCUT2D eigenvalue weighted by Crippen LogP contribution is -2.54. The quantitative estimate of drug-likeness (QED) is 0.631. The summed E-state index contributed by atoms with van der Waals surface area (Å²) >= 11 is 0. The molecule has 0 spiro atoms. The molecular weight excluding hydrogens is 250 g/mol. The van der Waals surface area contributed by atoms with E-state index in [1.54, 1.807) is 4.90 Å². The zero-order valence-corrected chi connectivity index (χ0v) is 11.5. The fraction of sp³-hybridized carbons (Fsp3) is 0.833. The first-order valence-electron chi connectivity index (χ1n) is 6.51. The van der Waals surface area contributed by atoms with Gasteiger partial charge in [-0.15, -0.1) is 0 Å². The van der Waals surface area contributed by atoms with E-state index in [2.05, 4.69) is 10.2 Å². The Morgan fingerprint density at radius 3 is 2.68 bits per heavy atom. The topological polar surface area (TPSA) is 93.1 Å². The van der Waals surface area contributed by atoms with Crippen LogP contribution in [0.15, 0.2) is 0 Å². The molecule has 7 heteroatoms. The molecule has 2 amide bonds. The molecule has 2 atom stereocenters. The summed E-state index contributed by atoms with van der Waals surface area (Å²) in [4.78, 5) is 26.6. The monoisotopic (exact) mass is 273 g/mol. The maximum atomic E-state index is 12.0. The SMILES string of the molecule is CN(C)C1CCCN(C(=O)NC(CCO)C(=O)O)C1. The molecule has 7 nitrogen and oxygen atoms in total. The summed E-state index contributed by atoms with van der Waals surface area (Å²) in [7, 11) is 3.94. The molecule has 1 heterocycles. The largest absolute Gasteiger partial charge is 0.480 e. The first-order chi connectivity index (χ1) is 8.95. The highest BCUT2D eigenvalue weighted by Gasteiger charge is 2.27. The highest BCUT2D eigenvalue weighted by atomic mass is 16.4. The lowest BCUT2D eigenvalue weighted by molar-refractivity contribution is -0.139. The van der Waals surface area contributed by atoms with Crippen LogP contribution in [0.25, 0.3) is 0 Å². The van der Waals surface area contributed by atoms with Crippen LogP contribution in [-0.2, 0) is 4.79 Å². The number of rotatable bonds is 5. The van der Waals surface area contributed by atoms with Gasteiger partial charge in [-0.3, -0.25) is 0 Å². The van der Waals surface area contributed by atoms with Crippen molar-refractivity contribution in [3.8, 4) is 0 Å². The average molecular weight is 273 g/mol. The lowest BCUT2D eigenvalue weighted by atomic mass is 10.1. The number of carbonyl (C=O) groups is 2. The van der Waals surface area contributed by atoms with Crippen molar-refractivity contribution in [1.29, 1.82) is 0 Å². The number of carboxylic acid groups (broad SMARTS) is 1. The van der Waals surface area contributed by atoms with Crippen molar-refractivity contribution >= 4 is 12.0 Å². The van der Waals surface area contributed by atoms with E-state index in [-0.39, 0.29) is 19.1 Å². The third-order valence-corrected chi connectivity index (χ3v) is 3.43. The molecule has 0 aromatic heterocycles. The van der Waals surface area contributed by atoms with E-state index in [9.17, 15) is 9.59 Å². The number of amides is 2. The van der Waals surface area contributed by atoms with Crippen molar-refractivity contribution in [1.82, 2.24) is 15.1 Å². The molecule has 0 aromatic carbocycles. The van der Waals surface area contributed by atoms with Gasteiger partial charge in [0.05, 0.1) is 0 Å². The predicted octanol–water partition coefficient (Wildman–Crippen LogP) is -0.442. The van der Waals surface area contributed by atoms with Crippen LogP contribution in [0.1, 0.15) is 19.3 Å². The normalized spacial score (nSPS) is 21.3. The summed E-state index contributed by atoms with van der Waals surface area (Å²) in [5.41, 5.74) is 0. The van der Waals surface area contributed by atoms with E-state index in [1.165, 1.54) is 0 Å². The van der Waals surface area contributed by atoms with Gasteiger partial charge in [0.25, 0.3) is 0 Å². The molecule has 3 N–H and O–H groups in total. The number of piperidine rings is 1. The van der Waals surface area contributed by atoms with Crippen molar-refractivity contribution in [3.05, 3.63) is 0 Å². The van der Waals surface area contributed by atoms with E-state index < -0.39 is 12.0 Å². The van der Waals surface area contributed by atoms with Gasteiger partial charge in [-0.05, 0) is 26.9 Å². The van der Waals surface area contributed by atoms with Crippen LogP contribution < -0.4 is 5.32 Å². The van der Waals surface area contributed by atoms with Gasteiger partial charge in [-0.25, -0.2) is 9.59 Å². The number of likely N-dealkylation sites (N-methyl/N-ethyl adjacent to an activating group) is 1. The average Bonchev–Trinajstić information content (AvgIpc) is 2.38. The first kappa shape index (κ1) is 15.7. The second-order valence-electron chi connectivity index (χ2n) is 5.06. The molecule has 0 saturated carbocycles. The van der Waals surface area contributed by atoms with Crippen LogP contribution >= 0.6 is 0 Å². The third-order valence-electron chi connectivity index (χ3n) is 3.43. The van der Waals surface area contributed by atoms with E-state index in [0.29, 0.717) is 19.1 Å². The second-order valence-corrected chi connectivity index (χ2v) is 5.06. The molecule has 0 radical (unpaired) electrons. The number of hydrogen-bond acceptors (Lipinski definition) is 4. The van der Waals surface area contributed by atoms with Crippen LogP contribution in [0.5, 0.6) is 0 Å². The molecule has 0 aliphatic carbocycles. The van der Waals surface area contributed by atoms with Crippen molar-refractivity contribution < 1.29 is 19.8 Å². The summed E-state index contributed by atoms with van der Waals surface area (Å²) in [5, 5.41) is 20.2. The summed E-state index contributed by atoms with van der Waals surface area (Å²) in [5.74, 6) is -1.12. The minimum Gasteiger partial charge on any atom is -0.480 e. The highest BCUT2D eigenvalue weighted by Crippen LogP contribution is 2.13. The fourth-order valence-corrected chi connectivity index (χ4v) is 2.19. The summed E-state index contributed by atoms with van der Waals surface area (Å²) in [6, 6.07) is -1.09. The Hall–Kier alpha value is -1.34. The number of nitrogens with zero attached hydrogens (tertiary/aromatic N) is 2. The van der Waals surface area contributed by atoms with Gasteiger partial charge in [0.1, 0.15) is 6.04 Å². The Morgan fingerprint density at radius 2 is 2.16 bits per heavy atom. The Labute approximate surface area is 113 Å². The molecule has 19 heavy (non-hydrogen) atoms. The van der Waals surface area contributed by atoms with E-state index in [4.69, 9.17) is 10.2 Å². The van der Waals surface area contributed by atoms with E-state index in [1.807, 2.05) is 14.1 Å². The van der Waals surface area contributed by atoms with Crippen molar-refractivity contribution in [2.24, 2.45) is 0 Å². The summed E-state index contributed by atoms with van der Waals surface area (Å²) in [6.45, 7) is 0.976. The molecule has 1 fully saturated rings. The summed E-state index contributed by atoms with van der Waals surface area (Å²) in [6.07, 6.45) is 1.97. The molecule has 1 rings (SSSR count). The van der Waals surface area contributed by atoms with Gasteiger partial charge in [0.2, 0.25) is 0 Å². The van der Waals surface area contributed by atoms with Crippen LogP contribution in [0.4, 0.5) is 4.79 Å². The first-order valence-corrected chi connectivity index (χ1v) is 6.51. The number of aliphatic hydroxyl groups excluding tert-OH is 1. The number of hydrogen-bond donors (Lipinski definition) is 3. The Balaban J connectivity index is 2.54. The second kappa shape index (κ2) is 7.30. The fourth-order valence-electron chi connectivity index (χ4n) is 2.19. The van der Waals surface area contributed by atoms with Gasteiger partial charge in [0.15, 0.2) is 0 Å². The Kier molecular flexibility index (Phi) is 6.04. The number of aliphatic carboxylic acids is 1. The molecule has 1 aliphatic heterocycles. The van der Waals surface area contributed by atoms with Crippen molar-refractivity contribution in [3.63, 3.8) is 0 Å². The summed E-state index contributed by atoms with van der Waals surface area (Å²) < 4.78 is 0. The molecule has 2 unspecified atom stereocenters. The van der Waals surface area contributed by atoms with Crippen LogP contribution in [0.3, 0.4) is 0 Å². The Bertz CT molecular complexity index is 322. The number of carboxylic acids is 1. The number of urea groups is 1. The maximum absolute atomic E-state index is 12.0. The van der Waals surface area contributed by atoms with Gasteiger partial charge in [-0.1, -0.05) is 0 Å². The number of carbonyl (C=O) groups excluding carboxylic acids is 1. The predicted molar refractivity (Wildman–Crippen MR) is 69.9 cm³/mol. The molecule has 110 valence electrons. The molecular formula is C12H23N3O4. The number of likely N-dealkylation sites (tertiary alicyclic amines) is 1. The molecule has 0 bridgehead atoms. The number of aliphatic hydroxyl groups is 1. The highest BCUT2D eigenvalue weighted by molar-refractivity contribution is 5.82. The van der Waals surface area contributed by atoms with Crippen LogP contribution in [0.2, 0.25) is 0 Å². The third kappa shape index (κ3) is 4.68. The van der Waals surface area contributed by atoms with Crippen molar-refractivity contribution in [2.75, 3.05) is 33.8 Å². The maximum Gasteiger partial charge on any atom is 0.326 e. The zero-order chi connectivity index (χ0) is 14.4. The lowest BCUT2D eigenvalue weighted by Gasteiger charge is -2.36. The van der Waals surface area contributed by atoms with Crippen LogP contribution in [-0.4, -0.2) is 77.9 Å².